The molecule has 0 aromatic heterocycles. The molecule has 1 aromatic rings. The van der Waals surface area contributed by atoms with Gasteiger partial charge in [0.15, 0.2) is 0 Å². The molecule has 11 heavy (non-hydrogen) atoms. The molecular formula is C9H12KN. The summed E-state index contributed by atoms with van der Waals surface area (Å²) in [5.74, 6) is 0. The van der Waals surface area contributed by atoms with Crippen molar-refractivity contribution in [1.29, 1.82) is 0 Å². The van der Waals surface area contributed by atoms with Gasteiger partial charge >= 0.3 is 51.4 Å². The Morgan fingerprint density at radius 2 is 1.55 bits per heavy atom. The topological polar surface area (TPSA) is 3.24 Å². The first-order valence-corrected chi connectivity index (χ1v) is 3.29. The average molecular weight is 173 g/mol. The van der Waals surface area contributed by atoms with Gasteiger partial charge in [0.2, 0.25) is 0 Å². The van der Waals surface area contributed by atoms with Crippen LogP contribution in [-0.4, -0.2) is 14.1 Å². The van der Waals surface area contributed by atoms with Gasteiger partial charge in [-0.15, -0.1) is 0 Å². The Hall–Kier alpha value is 0.526. The zero-order valence-corrected chi connectivity index (χ0v) is 10.6. The predicted octanol–water partition coefficient (Wildman–Crippen LogP) is -1.06. The number of hydrogen-bond acceptors (Lipinski definition) is 1. The molecule has 0 atom stereocenters. The van der Waals surface area contributed by atoms with Crippen molar-refractivity contribution in [3.63, 3.8) is 0 Å². The standard InChI is InChI=1S/C9H12N.K/c1-8-4-6-9(7-5-8)10(2)3;/h4-7H,1H2,2-3H3;/q-1;+1. The van der Waals surface area contributed by atoms with Crippen LogP contribution in [0.2, 0.25) is 0 Å². The van der Waals surface area contributed by atoms with Crippen molar-refractivity contribution in [3.8, 4) is 0 Å². The smallest absolute Gasteiger partial charge is 0.379 e. The molecule has 1 rings (SSSR count). The molecule has 0 unspecified atom stereocenters. The maximum atomic E-state index is 3.80. The van der Waals surface area contributed by atoms with Gasteiger partial charge in [-0.2, -0.15) is 24.6 Å². The Morgan fingerprint density at radius 3 is 1.91 bits per heavy atom. The molecule has 0 fully saturated rings. The summed E-state index contributed by atoms with van der Waals surface area (Å²) in [6, 6.07) is 8.13. The van der Waals surface area contributed by atoms with Crippen molar-refractivity contribution in [3.05, 3.63) is 36.8 Å². The van der Waals surface area contributed by atoms with Crippen molar-refractivity contribution >= 4 is 5.69 Å². The molecule has 1 nitrogen and oxygen atoms in total. The van der Waals surface area contributed by atoms with Crippen LogP contribution in [0, 0.1) is 6.92 Å². The largest absolute Gasteiger partial charge is 1.00 e. The van der Waals surface area contributed by atoms with Crippen molar-refractivity contribution in [2.45, 2.75) is 0 Å². The summed E-state index contributed by atoms with van der Waals surface area (Å²) < 4.78 is 0. The van der Waals surface area contributed by atoms with E-state index in [4.69, 9.17) is 0 Å². The van der Waals surface area contributed by atoms with Gasteiger partial charge in [0.1, 0.15) is 0 Å². The number of benzene rings is 1. The summed E-state index contributed by atoms with van der Waals surface area (Å²) >= 11 is 0. The summed E-state index contributed by atoms with van der Waals surface area (Å²) in [4.78, 5) is 2.07. The van der Waals surface area contributed by atoms with Crippen LogP contribution in [0.15, 0.2) is 24.3 Å². The minimum Gasteiger partial charge on any atom is -0.379 e. The quantitative estimate of drug-likeness (QED) is 0.386. The van der Waals surface area contributed by atoms with E-state index in [1.165, 1.54) is 5.69 Å². The summed E-state index contributed by atoms with van der Waals surface area (Å²) in [6.07, 6.45) is 0. The summed E-state index contributed by atoms with van der Waals surface area (Å²) in [5, 5.41) is 0. The van der Waals surface area contributed by atoms with E-state index in [0.29, 0.717) is 0 Å². The summed E-state index contributed by atoms with van der Waals surface area (Å²) in [7, 11) is 4.05. The molecule has 0 amide bonds. The first kappa shape index (κ1) is 11.5. The van der Waals surface area contributed by atoms with Crippen molar-refractivity contribution < 1.29 is 51.4 Å². The molecule has 0 bridgehead atoms. The maximum Gasteiger partial charge on any atom is 1.00 e. The molecule has 1 aromatic carbocycles. The molecule has 54 valence electrons. The minimum absolute atomic E-state index is 0. The van der Waals surface area contributed by atoms with Crippen LogP contribution in [0.25, 0.3) is 0 Å². The van der Waals surface area contributed by atoms with Crippen LogP contribution in [0.4, 0.5) is 5.69 Å². The van der Waals surface area contributed by atoms with Gasteiger partial charge in [-0.1, -0.05) is 12.1 Å². The van der Waals surface area contributed by atoms with Crippen LogP contribution in [0.1, 0.15) is 5.56 Å². The second-order valence-corrected chi connectivity index (χ2v) is 2.56. The second kappa shape index (κ2) is 5.22. The molecule has 0 saturated heterocycles. The van der Waals surface area contributed by atoms with Gasteiger partial charge in [-0.3, -0.25) is 0 Å². The summed E-state index contributed by atoms with van der Waals surface area (Å²) in [6.45, 7) is 3.80. The molecule has 0 aliphatic rings. The molecule has 0 N–H and O–H groups in total. The third kappa shape index (κ3) is 3.63. The van der Waals surface area contributed by atoms with Crippen molar-refractivity contribution in [2.75, 3.05) is 19.0 Å². The van der Waals surface area contributed by atoms with Crippen LogP contribution >= 0.6 is 0 Å². The van der Waals surface area contributed by atoms with E-state index < -0.39 is 0 Å². The van der Waals surface area contributed by atoms with Gasteiger partial charge < -0.3 is 4.90 Å². The van der Waals surface area contributed by atoms with Gasteiger partial charge in [0, 0.05) is 19.8 Å². The minimum atomic E-state index is 0. The fraction of sp³-hybridized carbons (Fsp3) is 0.222. The Kier molecular flexibility index (Phi) is 5.47. The van der Waals surface area contributed by atoms with Crippen LogP contribution in [0.3, 0.4) is 0 Å². The molecule has 0 spiro atoms. The Labute approximate surface area is 111 Å². The van der Waals surface area contributed by atoms with Crippen LogP contribution in [0.5, 0.6) is 0 Å². The molecular weight excluding hydrogens is 161 g/mol. The molecule has 2 heteroatoms. The third-order valence-corrected chi connectivity index (χ3v) is 1.45. The normalized spacial score (nSPS) is 8.55. The number of nitrogens with zero attached hydrogens (tertiary/aromatic N) is 1. The van der Waals surface area contributed by atoms with Gasteiger partial charge in [0.05, 0.1) is 0 Å². The van der Waals surface area contributed by atoms with E-state index >= 15 is 0 Å². The first-order valence-electron chi connectivity index (χ1n) is 3.29. The number of rotatable bonds is 1. The Morgan fingerprint density at radius 1 is 1.09 bits per heavy atom. The van der Waals surface area contributed by atoms with Gasteiger partial charge in [-0.05, 0) is 0 Å². The number of anilines is 1. The predicted molar refractivity (Wildman–Crippen MR) is 45.2 cm³/mol. The first-order chi connectivity index (χ1) is 4.70. The fourth-order valence-corrected chi connectivity index (χ4v) is 0.794. The second-order valence-electron chi connectivity index (χ2n) is 2.56. The average Bonchev–Trinajstić information content (AvgIpc) is 1.88. The zero-order valence-electron chi connectivity index (χ0n) is 7.46. The molecule has 0 saturated carbocycles. The fourth-order valence-electron chi connectivity index (χ4n) is 0.794. The van der Waals surface area contributed by atoms with E-state index in [9.17, 15) is 0 Å². The SMILES string of the molecule is [CH2-]c1ccc(N(C)C)cc1.[K+]. The van der Waals surface area contributed by atoms with Crippen LogP contribution in [-0.2, 0) is 0 Å². The summed E-state index contributed by atoms with van der Waals surface area (Å²) in [5.41, 5.74) is 2.28. The van der Waals surface area contributed by atoms with E-state index in [0.717, 1.165) is 5.56 Å². The zero-order chi connectivity index (χ0) is 7.56. The Balaban J connectivity index is 0.000001000. The van der Waals surface area contributed by atoms with Gasteiger partial charge in [0.25, 0.3) is 0 Å². The molecule has 0 aliphatic heterocycles. The molecule has 0 aliphatic carbocycles. The number of hydrogen-bond donors (Lipinski definition) is 0. The van der Waals surface area contributed by atoms with E-state index in [2.05, 4.69) is 24.0 Å². The van der Waals surface area contributed by atoms with E-state index in [1.807, 2.05) is 26.2 Å². The Bertz CT molecular complexity index is 203. The van der Waals surface area contributed by atoms with Crippen molar-refractivity contribution in [2.24, 2.45) is 0 Å². The van der Waals surface area contributed by atoms with Crippen LogP contribution < -0.4 is 56.3 Å². The monoisotopic (exact) mass is 173 g/mol. The van der Waals surface area contributed by atoms with E-state index in [-0.39, 0.29) is 51.4 Å². The van der Waals surface area contributed by atoms with Gasteiger partial charge in [-0.25, -0.2) is 0 Å². The van der Waals surface area contributed by atoms with E-state index in [1.54, 1.807) is 0 Å². The molecule has 0 heterocycles. The third-order valence-electron chi connectivity index (χ3n) is 1.45. The maximum absolute atomic E-state index is 3.80. The van der Waals surface area contributed by atoms with Crippen molar-refractivity contribution in [1.82, 2.24) is 0 Å². The molecule has 0 radical (unpaired) electrons.